The highest BCUT2D eigenvalue weighted by Gasteiger charge is 2.43. The molecule has 2 aromatic carbocycles. The van der Waals surface area contributed by atoms with Gasteiger partial charge in [0.1, 0.15) is 5.75 Å². The number of aromatic nitrogens is 1. The largest absolute Gasteiger partial charge is 0.508 e. The fourth-order valence-electron chi connectivity index (χ4n) is 5.26. The van der Waals surface area contributed by atoms with Crippen LogP contribution < -0.4 is 0 Å². The number of hydrogen-bond acceptors (Lipinski definition) is 4. The van der Waals surface area contributed by atoms with Gasteiger partial charge in [-0.2, -0.15) is 0 Å². The fraction of sp³-hybridized carbons (Fsp3) is 0.346. The van der Waals surface area contributed by atoms with Crippen molar-refractivity contribution in [3.63, 3.8) is 0 Å². The van der Waals surface area contributed by atoms with Crippen molar-refractivity contribution in [3.05, 3.63) is 84.6 Å². The minimum absolute atomic E-state index is 0.0777. The van der Waals surface area contributed by atoms with Gasteiger partial charge in [0, 0.05) is 24.2 Å². The van der Waals surface area contributed by atoms with Crippen molar-refractivity contribution in [2.75, 3.05) is 13.1 Å². The molecule has 3 aromatic rings. The molecule has 0 aliphatic carbocycles. The summed E-state index contributed by atoms with van der Waals surface area (Å²) in [5.74, 6) is 1.50. The average molecular weight is 401 g/mol. The van der Waals surface area contributed by atoms with Crippen LogP contribution in [-0.4, -0.2) is 34.1 Å². The standard InChI is InChI=1S/C26H28N2O2/c1-2-19-16-28-13-11-20(19)14-25(28)26(30-17-18-6-4-3-5-7-18)22-10-12-27-24-9-8-21(29)15-23(22)24/h2-10,12,15,19-20,25-26,29H,1,11,13-14,16-17H2/t19?,20?,25-,26+/m1/s1. The molecule has 4 heteroatoms. The predicted molar refractivity (Wildman–Crippen MR) is 119 cm³/mol. The molecule has 3 aliphatic rings. The molecule has 3 saturated heterocycles. The van der Waals surface area contributed by atoms with E-state index in [1.165, 1.54) is 12.0 Å². The van der Waals surface area contributed by atoms with Crippen molar-refractivity contribution in [2.45, 2.75) is 31.6 Å². The van der Waals surface area contributed by atoms with Crippen molar-refractivity contribution in [2.24, 2.45) is 11.8 Å². The van der Waals surface area contributed by atoms with E-state index in [0.29, 0.717) is 24.5 Å². The van der Waals surface area contributed by atoms with Crippen LogP contribution in [0.5, 0.6) is 5.75 Å². The van der Waals surface area contributed by atoms with E-state index in [2.05, 4.69) is 40.7 Å². The fourth-order valence-corrected chi connectivity index (χ4v) is 5.26. The molecule has 0 saturated carbocycles. The lowest BCUT2D eigenvalue weighted by Gasteiger charge is -2.51. The van der Waals surface area contributed by atoms with Crippen LogP contribution in [0.3, 0.4) is 0 Å². The quantitative estimate of drug-likeness (QED) is 0.585. The van der Waals surface area contributed by atoms with E-state index in [0.717, 1.165) is 36.0 Å². The number of phenolic OH excluding ortho intramolecular Hbond substituents is 1. The van der Waals surface area contributed by atoms with Gasteiger partial charge in [-0.05, 0) is 66.6 Å². The Morgan fingerprint density at radius 2 is 2.07 bits per heavy atom. The van der Waals surface area contributed by atoms with Gasteiger partial charge >= 0.3 is 0 Å². The summed E-state index contributed by atoms with van der Waals surface area (Å²) in [5, 5.41) is 11.1. The first-order chi connectivity index (χ1) is 14.7. The normalized spacial score (nSPS) is 26.5. The van der Waals surface area contributed by atoms with E-state index in [9.17, 15) is 5.11 Å². The molecule has 0 amide bonds. The molecule has 3 fully saturated rings. The van der Waals surface area contributed by atoms with Crippen molar-refractivity contribution >= 4 is 10.9 Å². The third-order valence-electron chi connectivity index (χ3n) is 6.84. The number of hydrogen-bond donors (Lipinski definition) is 1. The Morgan fingerprint density at radius 1 is 1.20 bits per heavy atom. The van der Waals surface area contributed by atoms with Crippen molar-refractivity contribution in [1.82, 2.24) is 9.88 Å². The number of rotatable bonds is 6. The molecule has 154 valence electrons. The molecule has 5 atom stereocenters. The molecule has 1 aromatic heterocycles. The Kier molecular flexibility index (Phi) is 5.28. The molecular weight excluding hydrogens is 372 g/mol. The lowest BCUT2D eigenvalue weighted by Crippen LogP contribution is -2.55. The Labute approximate surface area is 177 Å². The summed E-state index contributed by atoms with van der Waals surface area (Å²) < 4.78 is 6.65. The Morgan fingerprint density at radius 3 is 2.83 bits per heavy atom. The summed E-state index contributed by atoms with van der Waals surface area (Å²) in [4.78, 5) is 7.09. The van der Waals surface area contributed by atoms with E-state index < -0.39 is 0 Å². The van der Waals surface area contributed by atoms with Crippen LogP contribution in [0.15, 0.2) is 73.4 Å². The minimum Gasteiger partial charge on any atom is -0.508 e. The zero-order chi connectivity index (χ0) is 20.5. The molecule has 4 heterocycles. The Hall–Kier alpha value is -2.69. The summed E-state index contributed by atoms with van der Waals surface area (Å²) in [6.45, 7) is 6.79. The third kappa shape index (κ3) is 3.62. The van der Waals surface area contributed by atoms with Crippen LogP contribution in [-0.2, 0) is 11.3 Å². The van der Waals surface area contributed by atoms with Crippen LogP contribution >= 0.6 is 0 Å². The van der Waals surface area contributed by atoms with Crippen molar-refractivity contribution in [3.8, 4) is 5.75 Å². The number of fused-ring (bicyclic) bond motifs is 4. The Bertz CT molecular complexity index is 1040. The average Bonchev–Trinajstić information content (AvgIpc) is 2.80. The van der Waals surface area contributed by atoms with E-state index in [1.807, 2.05) is 36.5 Å². The molecule has 0 spiro atoms. The molecular formula is C26H28N2O2. The second-order valence-corrected chi connectivity index (χ2v) is 8.57. The predicted octanol–water partition coefficient (Wildman–Crippen LogP) is 5.09. The summed E-state index contributed by atoms with van der Waals surface area (Å²) in [6, 6.07) is 18.1. The molecule has 4 nitrogen and oxygen atoms in total. The number of nitrogens with zero attached hydrogens (tertiary/aromatic N) is 2. The van der Waals surface area contributed by atoms with Gasteiger partial charge in [-0.1, -0.05) is 36.4 Å². The first-order valence-corrected chi connectivity index (χ1v) is 10.8. The number of pyridine rings is 1. The van der Waals surface area contributed by atoms with Crippen LogP contribution in [0.4, 0.5) is 0 Å². The number of piperidine rings is 3. The van der Waals surface area contributed by atoms with E-state index in [1.54, 1.807) is 6.07 Å². The Balaban J connectivity index is 1.52. The lowest BCUT2D eigenvalue weighted by atomic mass is 9.73. The van der Waals surface area contributed by atoms with Crippen LogP contribution in [0.1, 0.15) is 30.1 Å². The van der Waals surface area contributed by atoms with Crippen molar-refractivity contribution in [1.29, 1.82) is 0 Å². The second kappa shape index (κ2) is 8.21. The number of benzene rings is 2. The lowest BCUT2D eigenvalue weighted by molar-refractivity contribution is -0.0803. The molecule has 1 N–H and O–H groups in total. The van der Waals surface area contributed by atoms with E-state index in [-0.39, 0.29) is 11.9 Å². The van der Waals surface area contributed by atoms with Gasteiger partial charge in [-0.15, -0.1) is 6.58 Å². The SMILES string of the molecule is C=CC1CN2CCC1C[C@@H]2[C@@H](OCc1ccccc1)c1ccnc2ccc(O)cc12. The summed E-state index contributed by atoms with van der Waals surface area (Å²) in [5.41, 5.74) is 3.17. The number of aromatic hydroxyl groups is 1. The van der Waals surface area contributed by atoms with Crippen molar-refractivity contribution < 1.29 is 9.84 Å². The minimum atomic E-state index is -0.0777. The van der Waals surface area contributed by atoms with Gasteiger partial charge < -0.3 is 9.84 Å². The first-order valence-electron chi connectivity index (χ1n) is 10.8. The van der Waals surface area contributed by atoms with Crippen LogP contribution in [0, 0.1) is 11.8 Å². The maximum Gasteiger partial charge on any atom is 0.116 e. The molecule has 6 rings (SSSR count). The third-order valence-corrected chi connectivity index (χ3v) is 6.84. The summed E-state index contributed by atoms with van der Waals surface area (Å²) in [7, 11) is 0. The zero-order valence-electron chi connectivity index (χ0n) is 17.2. The smallest absolute Gasteiger partial charge is 0.116 e. The van der Waals surface area contributed by atoms with Gasteiger partial charge in [0.05, 0.1) is 18.2 Å². The summed E-state index contributed by atoms with van der Waals surface area (Å²) >= 11 is 0. The highest BCUT2D eigenvalue weighted by molar-refractivity contribution is 5.83. The number of phenols is 1. The van der Waals surface area contributed by atoms with Gasteiger partial charge in [0.2, 0.25) is 0 Å². The number of ether oxygens (including phenoxy) is 1. The van der Waals surface area contributed by atoms with Crippen LogP contribution in [0.25, 0.3) is 10.9 Å². The monoisotopic (exact) mass is 400 g/mol. The summed E-state index contributed by atoms with van der Waals surface area (Å²) in [6.07, 6.45) is 6.25. The van der Waals surface area contributed by atoms with Gasteiger partial charge in [-0.25, -0.2) is 0 Å². The topological polar surface area (TPSA) is 45.6 Å². The van der Waals surface area contributed by atoms with E-state index in [4.69, 9.17) is 4.74 Å². The van der Waals surface area contributed by atoms with Gasteiger partial charge in [0.15, 0.2) is 0 Å². The molecule has 2 bridgehead atoms. The first kappa shape index (κ1) is 19.3. The molecule has 3 aliphatic heterocycles. The molecule has 3 unspecified atom stereocenters. The second-order valence-electron chi connectivity index (χ2n) is 8.57. The highest BCUT2D eigenvalue weighted by atomic mass is 16.5. The zero-order valence-corrected chi connectivity index (χ0v) is 17.2. The highest BCUT2D eigenvalue weighted by Crippen LogP contribution is 2.43. The molecule has 0 radical (unpaired) electrons. The van der Waals surface area contributed by atoms with Crippen LogP contribution in [0.2, 0.25) is 0 Å². The maximum absolute atomic E-state index is 10.1. The van der Waals surface area contributed by atoms with Gasteiger partial charge in [-0.3, -0.25) is 9.88 Å². The van der Waals surface area contributed by atoms with Gasteiger partial charge in [0.25, 0.3) is 0 Å². The maximum atomic E-state index is 10.1. The van der Waals surface area contributed by atoms with E-state index >= 15 is 0 Å². The molecule has 30 heavy (non-hydrogen) atoms.